The smallest absolute Gasteiger partial charge is 0.261 e. The number of phenols is 1. The summed E-state index contributed by atoms with van der Waals surface area (Å²) in [5.74, 6) is 1.18. The van der Waals surface area contributed by atoms with Crippen molar-refractivity contribution in [1.82, 2.24) is 10.1 Å². The average Bonchev–Trinajstić information content (AvgIpc) is 2.89. The van der Waals surface area contributed by atoms with Crippen molar-refractivity contribution >= 4 is 5.69 Å². The third-order valence-electron chi connectivity index (χ3n) is 3.86. The highest BCUT2D eigenvalue weighted by atomic mass is 16.5. The fraction of sp³-hybridized carbons (Fsp3) is 0.125. The van der Waals surface area contributed by atoms with Crippen molar-refractivity contribution in [1.29, 1.82) is 0 Å². The molecule has 0 radical (unpaired) electrons. The quantitative estimate of drug-likeness (QED) is 0.704. The van der Waals surface area contributed by atoms with Crippen LogP contribution in [0, 0.1) is 0 Å². The SMILES string of the molecule is Nc1ccc(-c2nc(C3Cc4ccccc43)no2)c(O)c1. The molecule has 0 spiro atoms. The van der Waals surface area contributed by atoms with Gasteiger partial charge in [-0.05, 0) is 29.7 Å². The minimum Gasteiger partial charge on any atom is -0.507 e. The number of anilines is 1. The second-order valence-corrected chi connectivity index (χ2v) is 5.19. The minimum atomic E-state index is 0.0409. The second-order valence-electron chi connectivity index (χ2n) is 5.19. The average molecular weight is 279 g/mol. The Hall–Kier alpha value is -2.82. The minimum absolute atomic E-state index is 0.0409. The van der Waals surface area contributed by atoms with Gasteiger partial charge in [-0.1, -0.05) is 29.4 Å². The van der Waals surface area contributed by atoms with Gasteiger partial charge in [0, 0.05) is 11.8 Å². The first-order chi connectivity index (χ1) is 10.2. The van der Waals surface area contributed by atoms with E-state index >= 15 is 0 Å². The highest BCUT2D eigenvalue weighted by Gasteiger charge is 2.31. The predicted octanol–water partition coefficient (Wildman–Crippen LogP) is 2.71. The third-order valence-corrected chi connectivity index (χ3v) is 3.86. The topological polar surface area (TPSA) is 85.2 Å². The van der Waals surface area contributed by atoms with Crippen LogP contribution >= 0.6 is 0 Å². The van der Waals surface area contributed by atoms with Gasteiger partial charge in [-0.25, -0.2) is 0 Å². The Morgan fingerprint density at radius 3 is 2.86 bits per heavy atom. The second kappa shape index (κ2) is 4.34. The van der Waals surface area contributed by atoms with Crippen LogP contribution in [0.15, 0.2) is 47.0 Å². The lowest BCUT2D eigenvalue weighted by Crippen LogP contribution is -2.19. The van der Waals surface area contributed by atoms with Crippen molar-refractivity contribution in [2.24, 2.45) is 0 Å². The molecule has 104 valence electrons. The van der Waals surface area contributed by atoms with Gasteiger partial charge in [0.05, 0.1) is 11.5 Å². The number of aromatic hydroxyl groups is 1. The van der Waals surface area contributed by atoms with Crippen molar-refractivity contribution in [2.75, 3.05) is 5.73 Å². The van der Waals surface area contributed by atoms with E-state index in [1.54, 1.807) is 12.1 Å². The maximum atomic E-state index is 9.91. The summed E-state index contributed by atoms with van der Waals surface area (Å²) in [5, 5.41) is 14.0. The molecule has 0 saturated heterocycles. The van der Waals surface area contributed by atoms with Gasteiger partial charge >= 0.3 is 0 Å². The summed E-state index contributed by atoms with van der Waals surface area (Å²) >= 11 is 0. The normalized spacial score (nSPS) is 16.3. The summed E-state index contributed by atoms with van der Waals surface area (Å²) in [5.41, 5.74) is 9.17. The molecule has 1 aliphatic rings. The Kier molecular flexibility index (Phi) is 2.47. The lowest BCUT2D eigenvalue weighted by molar-refractivity contribution is 0.412. The number of nitrogens with two attached hydrogens (primary N) is 1. The number of phenolic OH excluding ortho intramolecular Hbond substituents is 1. The molecule has 1 atom stereocenters. The molecule has 1 aliphatic carbocycles. The number of fused-ring (bicyclic) bond motifs is 1. The number of hydrogen-bond donors (Lipinski definition) is 2. The molecule has 5 heteroatoms. The molecular weight excluding hydrogens is 266 g/mol. The fourth-order valence-corrected chi connectivity index (χ4v) is 2.70. The van der Waals surface area contributed by atoms with Crippen LogP contribution in [-0.4, -0.2) is 15.2 Å². The van der Waals surface area contributed by atoms with Gasteiger partial charge in [0.2, 0.25) is 0 Å². The van der Waals surface area contributed by atoms with Gasteiger partial charge in [0.15, 0.2) is 5.82 Å². The molecule has 0 bridgehead atoms. The standard InChI is InChI=1S/C16H13N3O2/c17-10-5-6-12(14(20)8-10)16-18-15(19-21-16)13-7-9-3-1-2-4-11(9)13/h1-6,8,13,20H,7,17H2. The van der Waals surface area contributed by atoms with Crippen LogP contribution in [0.5, 0.6) is 5.75 Å². The third kappa shape index (κ3) is 1.86. The van der Waals surface area contributed by atoms with E-state index in [1.807, 2.05) is 12.1 Å². The van der Waals surface area contributed by atoms with E-state index in [2.05, 4.69) is 22.3 Å². The Morgan fingerprint density at radius 1 is 1.19 bits per heavy atom. The van der Waals surface area contributed by atoms with Crippen molar-refractivity contribution in [3.63, 3.8) is 0 Å². The molecule has 4 rings (SSSR count). The molecule has 0 fully saturated rings. The van der Waals surface area contributed by atoms with Crippen molar-refractivity contribution < 1.29 is 9.63 Å². The lowest BCUT2D eigenvalue weighted by atomic mass is 9.77. The summed E-state index contributed by atoms with van der Waals surface area (Å²) in [7, 11) is 0. The number of benzene rings is 2. The van der Waals surface area contributed by atoms with E-state index in [9.17, 15) is 5.11 Å². The van der Waals surface area contributed by atoms with Crippen LogP contribution in [0.25, 0.3) is 11.5 Å². The molecule has 3 N–H and O–H groups in total. The van der Waals surface area contributed by atoms with Crippen molar-refractivity contribution in [3.8, 4) is 17.2 Å². The molecule has 0 amide bonds. The number of nitrogen functional groups attached to an aromatic ring is 1. The van der Waals surface area contributed by atoms with E-state index in [0.29, 0.717) is 23.0 Å². The molecule has 1 unspecified atom stereocenters. The lowest BCUT2D eigenvalue weighted by Gasteiger charge is -2.27. The van der Waals surface area contributed by atoms with Crippen molar-refractivity contribution in [2.45, 2.75) is 12.3 Å². The van der Waals surface area contributed by atoms with Crippen LogP contribution in [0.3, 0.4) is 0 Å². The Bertz CT molecular complexity index is 826. The monoisotopic (exact) mass is 279 g/mol. The summed E-state index contributed by atoms with van der Waals surface area (Å²) in [6.45, 7) is 0. The maximum absolute atomic E-state index is 9.91. The molecular formula is C16H13N3O2. The van der Waals surface area contributed by atoms with E-state index < -0.39 is 0 Å². The van der Waals surface area contributed by atoms with Gasteiger partial charge in [-0.15, -0.1) is 0 Å². The highest BCUT2D eigenvalue weighted by molar-refractivity contribution is 5.66. The number of nitrogens with zero attached hydrogens (tertiary/aromatic N) is 2. The summed E-state index contributed by atoms with van der Waals surface area (Å²) in [4.78, 5) is 4.41. The van der Waals surface area contributed by atoms with Crippen LogP contribution in [-0.2, 0) is 6.42 Å². The van der Waals surface area contributed by atoms with E-state index in [-0.39, 0.29) is 11.7 Å². The van der Waals surface area contributed by atoms with Crippen LogP contribution in [0.2, 0.25) is 0 Å². The first kappa shape index (κ1) is 12.0. The first-order valence-electron chi connectivity index (χ1n) is 6.72. The van der Waals surface area contributed by atoms with E-state index in [0.717, 1.165) is 6.42 Å². The molecule has 3 aromatic rings. The number of hydrogen-bond acceptors (Lipinski definition) is 5. The molecule has 2 aromatic carbocycles. The molecule has 1 heterocycles. The molecule has 5 nitrogen and oxygen atoms in total. The zero-order chi connectivity index (χ0) is 14.4. The molecule has 1 aromatic heterocycles. The summed E-state index contributed by atoms with van der Waals surface area (Å²) in [6.07, 6.45) is 0.920. The zero-order valence-electron chi connectivity index (χ0n) is 11.2. The fourth-order valence-electron chi connectivity index (χ4n) is 2.70. The highest BCUT2D eigenvalue weighted by Crippen LogP contribution is 2.39. The predicted molar refractivity (Wildman–Crippen MR) is 77.8 cm³/mol. The first-order valence-corrected chi connectivity index (χ1v) is 6.72. The number of rotatable bonds is 2. The number of aromatic nitrogens is 2. The van der Waals surface area contributed by atoms with Crippen molar-refractivity contribution in [3.05, 3.63) is 59.4 Å². The largest absolute Gasteiger partial charge is 0.507 e. The summed E-state index contributed by atoms with van der Waals surface area (Å²) in [6, 6.07) is 13.1. The van der Waals surface area contributed by atoms with Crippen LogP contribution < -0.4 is 5.73 Å². The van der Waals surface area contributed by atoms with Gasteiger partial charge in [0.1, 0.15) is 5.75 Å². The van der Waals surface area contributed by atoms with Gasteiger partial charge in [0.25, 0.3) is 5.89 Å². The van der Waals surface area contributed by atoms with E-state index in [4.69, 9.17) is 10.3 Å². The summed E-state index contributed by atoms with van der Waals surface area (Å²) < 4.78 is 5.28. The molecule has 0 aliphatic heterocycles. The van der Waals surface area contributed by atoms with Gasteiger partial charge in [-0.3, -0.25) is 0 Å². The molecule has 21 heavy (non-hydrogen) atoms. The Morgan fingerprint density at radius 2 is 2.05 bits per heavy atom. The van der Waals surface area contributed by atoms with Gasteiger partial charge in [-0.2, -0.15) is 4.98 Å². The zero-order valence-corrected chi connectivity index (χ0v) is 11.2. The van der Waals surface area contributed by atoms with Crippen LogP contribution in [0.4, 0.5) is 5.69 Å². The molecule has 0 saturated carbocycles. The van der Waals surface area contributed by atoms with E-state index in [1.165, 1.54) is 17.2 Å². The van der Waals surface area contributed by atoms with Gasteiger partial charge < -0.3 is 15.4 Å². The maximum Gasteiger partial charge on any atom is 0.261 e. The van der Waals surface area contributed by atoms with Crippen LogP contribution in [0.1, 0.15) is 22.9 Å². The Balaban J connectivity index is 1.68. The Labute approximate surface area is 121 Å².